The van der Waals surface area contributed by atoms with Crippen LogP contribution in [-0.2, 0) is 33.3 Å². The van der Waals surface area contributed by atoms with Crippen LogP contribution in [0, 0.1) is 17.8 Å². The Morgan fingerprint density at radius 3 is 1.83 bits per heavy atom. The van der Waals surface area contributed by atoms with Gasteiger partial charge in [-0.05, 0) is 39.5 Å². The zero-order valence-corrected chi connectivity index (χ0v) is 43.4. The van der Waals surface area contributed by atoms with Gasteiger partial charge in [0.25, 0.3) is 0 Å². The number of nitrogens with two attached hydrogens (primary N) is 1. The van der Waals surface area contributed by atoms with Gasteiger partial charge in [-0.2, -0.15) is 0 Å². The molecule has 432 valence electrons. The highest BCUT2D eigenvalue weighted by Gasteiger charge is 2.53. The summed E-state index contributed by atoms with van der Waals surface area (Å²) in [6.07, 6.45) is -5.55. The van der Waals surface area contributed by atoms with Crippen LogP contribution < -0.4 is 11.1 Å². The lowest BCUT2D eigenvalue weighted by Crippen LogP contribution is -2.66. The average molecular weight is 1090 g/mol. The summed E-state index contributed by atoms with van der Waals surface area (Å²) < 4.78 is 28.8. The molecule has 23 nitrogen and oxygen atoms in total. The van der Waals surface area contributed by atoms with Gasteiger partial charge < -0.3 is 106 Å². The number of rotatable bonds is 5. The first kappa shape index (κ1) is 64.9. The van der Waals surface area contributed by atoms with Crippen molar-refractivity contribution in [2.24, 2.45) is 23.5 Å². The molecular formula is C53H84N2O21. The normalized spacial score (nSPS) is 46.7. The molecule has 24 atom stereocenters. The zero-order valence-electron chi connectivity index (χ0n) is 43.4. The van der Waals surface area contributed by atoms with Gasteiger partial charge in [-0.25, -0.2) is 0 Å². The number of nitrogens with one attached hydrogen (secondary N) is 1. The number of esters is 1. The summed E-state index contributed by atoms with van der Waals surface area (Å²) in [7, 11) is 0. The molecule has 0 spiro atoms. The number of cyclic esters (lactones) is 1. The highest BCUT2D eigenvalue weighted by molar-refractivity contribution is 5.80. The van der Waals surface area contributed by atoms with Crippen LogP contribution in [0.25, 0.3) is 0 Å². The number of fused-ring (bicyclic) bond motifs is 2. The quantitative estimate of drug-likeness (QED) is 0.127. The van der Waals surface area contributed by atoms with Gasteiger partial charge in [0.05, 0.1) is 92.1 Å². The van der Waals surface area contributed by atoms with E-state index in [1.807, 2.05) is 6.92 Å². The summed E-state index contributed by atoms with van der Waals surface area (Å²) in [4.78, 5) is 26.9. The summed E-state index contributed by atoms with van der Waals surface area (Å²) in [5.41, 5.74) is 6.10. The molecule has 23 heteroatoms. The van der Waals surface area contributed by atoms with Crippen LogP contribution in [0.2, 0.25) is 0 Å². The fraction of sp³-hybridized carbons (Fsp3) is 0.698. The van der Waals surface area contributed by atoms with E-state index in [9.17, 15) is 81.1 Å². The van der Waals surface area contributed by atoms with E-state index in [0.717, 1.165) is 0 Å². The third kappa shape index (κ3) is 19.6. The van der Waals surface area contributed by atoms with Gasteiger partial charge in [-0.15, -0.1) is 0 Å². The molecule has 3 saturated heterocycles. The number of carbonyl (C=O) groups excluding carboxylic acids is 2. The number of hydrogen-bond acceptors (Lipinski definition) is 22. The first-order valence-corrected chi connectivity index (χ1v) is 25.9. The number of aliphatic hydroxyl groups excluding tert-OH is 13. The van der Waals surface area contributed by atoms with E-state index in [1.54, 1.807) is 86.8 Å². The zero-order chi connectivity index (χ0) is 56.4. The number of carbonyl (C=O) groups is 2. The number of allylic oxidation sites excluding steroid dienone is 12. The Labute approximate surface area is 443 Å². The van der Waals surface area contributed by atoms with Gasteiger partial charge in [-0.3, -0.25) is 9.59 Å². The second-order valence-electron chi connectivity index (χ2n) is 20.5. The summed E-state index contributed by atoms with van der Waals surface area (Å²) in [5, 5.41) is 154. The molecule has 0 aromatic carbocycles. The Morgan fingerprint density at radius 1 is 0.658 bits per heavy atom. The van der Waals surface area contributed by atoms with Crippen molar-refractivity contribution in [2.75, 3.05) is 6.61 Å². The molecular weight excluding hydrogens is 1000 g/mol. The molecule has 4 aliphatic rings. The molecule has 0 saturated carbocycles. The fourth-order valence-corrected chi connectivity index (χ4v) is 9.49. The van der Waals surface area contributed by atoms with Crippen LogP contribution in [0.4, 0.5) is 0 Å². The van der Waals surface area contributed by atoms with E-state index < -0.39 is 184 Å². The Balaban J connectivity index is 1.65. The van der Waals surface area contributed by atoms with Crippen molar-refractivity contribution in [3.05, 3.63) is 85.1 Å². The lowest BCUT2D eigenvalue weighted by molar-refractivity contribution is -0.309. The van der Waals surface area contributed by atoms with Crippen molar-refractivity contribution < 1.29 is 105 Å². The molecule has 4 aliphatic heterocycles. The first-order chi connectivity index (χ1) is 35.9. The van der Waals surface area contributed by atoms with Crippen LogP contribution >= 0.6 is 0 Å². The van der Waals surface area contributed by atoms with E-state index in [2.05, 4.69) is 5.32 Å². The largest absolute Gasteiger partial charge is 0.462 e. The molecule has 17 N–H and O–H groups in total. The maximum Gasteiger partial charge on any atom is 0.308 e. The highest BCUT2D eigenvalue weighted by atomic mass is 16.7. The van der Waals surface area contributed by atoms with E-state index in [1.165, 1.54) is 19.1 Å². The third-order valence-electron chi connectivity index (χ3n) is 14.3. The molecule has 0 aliphatic carbocycles. The van der Waals surface area contributed by atoms with Crippen molar-refractivity contribution in [1.82, 2.24) is 5.32 Å². The standard InChI is InChI=1S/C53H84N2O21/c1-28-17-15-13-11-9-7-5-6-8-10-12-14-16-18-35(74-52-48(67)43(54)46(65)31(4)73-52)24-39-42(50(69)55-44-49(68)47(66)40(27-56)75-51(44)70)38(62)26-53(71,76-39)25-37(61)36(60)20-19-32(57)21-33(58)22-34(59)23-41(63)72-30(3)29(2)45(28)64/h5-18,28-40,42-49,51-52,56-62,64-68,70-71H,19-27,54H2,1-4H3,(H,55,69)/b6-5+,9-7+,10-8+,13-11+,14-12+,17-15+,18-16+/t28-,29-,30-,31+,32?,33?,34?,35-,36+,37+,38-,39-,40-,42+,43-,44?,45+,46+,47-,48-,49-,51+,52?,53+/m0/s1. The van der Waals surface area contributed by atoms with E-state index in [4.69, 9.17) is 29.4 Å². The molecule has 5 unspecified atom stereocenters. The molecule has 76 heavy (non-hydrogen) atoms. The maximum atomic E-state index is 14.2. The van der Waals surface area contributed by atoms with Crippen molar-refractivity contribution in [2.45, 2.75) is 207 Å². The summed E-state index contributed by atoms with van der Waals surface area (Å²) in [6, 6.07) is -2.93. The van der Waals surface area contributed by atoms with Crippen LogP contribution in [-0.4, -0.2) is 218 Å². The topological polar surface area (TPSA) is 402 Å². The number of hydrogen-bond donors (Lipinski definition) is 16. The van der Waals surface area contributed by atoms with Gasteiger partial charge >= 0.3 is 5.97 Å². The minimum absolute atomic E-state index is 0.199. The number of aliphatic hydroxyl groups is 14. The predicted molar refractivity (Wildman–Crippen MR) is 271 cm³/mol. The minimum atomic E-state index is -2.49. The SMILES string of the molecule is C[C@@H]1[C@H](O)[C@@H](C)/C=C/C=C/C=C/C=C/C=C/C=C/C=C/[C@H](OC2O[C@H](C)[C@@H](O)[C@H](N)[C@@H]2O)C[C@@H]2O[C@](O)(C[C@@H](O)[C@H](O)CCC(O)CC(O)CC(O)CC(=O)O[C@H]1C)C[C@H](O)[C@H]2C(=O)NC1[C@H](O)O[C@@H](CO)[C@H](O)[C@H]1O. The minimum Gasteiger partial charge on any atom is -0.462 e. The summed E-state index contributed by atoms with van der Waals surface area (Å²) in [6.45, 7) is 5.88. The number of ether oxygens (including phenoxy) is 5. The fourth-order valence-electron chi connectivity index (χ4n) is 9.49. The maximum absolute atomic E-state index is 14.2. The molecule has 0 aromatic heterocycles. The lowest BCUT2D eigenvalue weighted by Gasteiger charge is -2.47. The smallest absolute Gasteiger partial charge is 0.308 e. The van der Waals surface area contributed by atoms with Gasteiger partial charge in [0.15, 0.2) is 18.4 Å². The molecule has 4 heterocycles. The second kappa shape index (κ2) is 31.2. The number of amides is 1. The lowest BCUT2D eigenvalue weighted by atomic mass is 9.81. The van der Waals surface area contributed by atoms with Gasteiger partial charge in [0, 0.05) is 31.1 Å². The molecule has 1 amide bonds. The van der Waals surface area contributed by atoms with Crippen molar-refractivity contribution in [1.29, 1.82) is 0 Å². The second-order valence-corrected chi connectivity index (χ2v) is 20.5. The molecule has 0 radical (unpaired) electrons. The Hall–Kier alpha value is -3.64. The Morgan fingerprint density at radius 2 is 1.22 bits per heavy atom. The molecule has 2 bridgehead atoms. The Bertz CT molecular complexity index is 1990. The van der Waals surface area contributed by atoms with Crippen LogP contribution in [0.1, 0.15) is 79.1 Å². The van der Waals surface area contributed by atoms with E-state index in [0.29, 0.717) is 0 Å². The van der Waals surface area contributed by atoms with Crippen LogP contribution in [0.5, 0.6) is 0 Å². The molecule has 0 aromatic rings. The molecule has 3 fully saturated rings. The van der Waals surface area contributed by atoms with Crippen LogP contribution in [0.3, 0.4) is 0 Å². The van der Waals surface area contributed by atoms with Gasteiger partial charge in [0.1, 0.15) is 36.6 Å². The van der Waals surface area contributed by atoms with Gasteiger partial charge in [-0.1, -0.05) is 98.9 Å². The van der Waals surface area contributed by atoms with Crippen molar-refractivity contribution in [3.8, 4) is 0 Å². The van der Waals surface area contributed by atoms with Crippen molar-refractivity contribution in [3.63, 3.8) is 0 Å². The third-order valence-corrected chi connectivity index (χ3v) is 14.3. The highest BCUT2D eigenvalue weighted by Crippen LogP contribution is 2.39. The summed E-state index contributed by atoms with van der Waals surface area (Å²) >= 11 is 0. The van der Waals surface area contributed by atoms with Crippen LogP contribution in [0.15, 0.2) is 85.1 Å². The van der Waals surface area contributed by atoms with Crippen molar-refractivity contribution >= 4 is 11.9 Å². The monoisotopic (exact) mass is 1080 g/mol. The first-order valence-electron chi connectivity index (χ1n) is 25.9. The summed E-state index contributed by atoms with van der Waals surface area (Å²) in [5.74, 6) is -6.81. The van der Waals surface area contributed by atoms with Gasteiger partial charge in [0.2, 0.25) is 5.91 Å². The predicted octanol–water partition coefficient (Wildman–Crippen LogP) is -2.46. The van der Waals surface area contributed by atoms with E-state index >= 15 is 0 Å². The molecule has 4 rings (SSSR count). The van der Waals surface area contributed by atoms with E-state index in [-0.39, 0.29) is 31.6 Å². The average Bonchev–Trinajstić information content (AvgIpc) is 3.35. The Kier molecular flexibility index (Phi) is 26.7.